The maximum Gasteiger partial charge on any atom is 0.322 e. The molecule has 206 valence electrons. The molecule has 0 saturated heterocycles. The number of nitrogens with one attached hydrogen (secondary N) is 4. The minimum atomic E-state index is -1.23. The first-order valence-corrected chi connectivity index (χ1v) is 13.3. The summed E-state index contributed by atoms with van der Waals surface area (Å²) < 4.78 is 5.63. The quantitative estimate of drug-likeness (QED) is 0.0850. The van der Waals surface area contributed by atoms with E-state index in [2.05, 4.69) is 21.3 Å². The number of allylic oxidation sites excluding steroid dienone is 1. The summed E-state index contributed by atoms with van der Waals surface area (Å²) in [4.78, 5) is 60.0. The third kappa shape index (κ3) is 9.48. The Morgan fingerprint density at radius 2 is 1.95 bits per heavy atom. The Hall–Kier alpha value is -2.90. The zero-order valence-electron chi connectivity index (χ0n) is 21.1. The number of cyclic esters (lactones) is 1. The minimum Gasteiger partial charge on any atom is -0.480 e. The molecule has 1 heterocycles. The van der Waals surface area contributed by atoms with Gasteiger partial charge >= 0.3 is 17.9 Å². The highest BCUT2D eigenvalue weighted by Crippen LogP contribution is 2.40. The van der Waals surface area contributed by atoms with Gasteiger partial charge in [-0.1, -0.05) is 25.5 Å². The summed E-state index contributed by atoms with van der Waals surface area (Å²) in [7, 11) is 1.65. The number of ether oxygens (including phenoxy) is 1. The summed E-state index contributed by atoms with van der Waals surface area (Å²) in [6.45, 7) is 1.63. The average Bonchev–Trinajstić information content (AvgIpc) is 3.20. The van der Waals surface area contributed by atoms with Crippen LogP contribution in [0.3, 0.4) is 0 Å². The van der Waals surface area contributed by atoms with E-state index in [1.165, 1.54) is 11.8 Å². The number of rotatable bonds is 17. The third-order valence-corrected chi connectivity index (χ3v) is 7.30. The van der Waals surface area contributed by atoms with Crippen LogP contribution in [-0.2, 0) is 28.7 Å². The summed E-state index contributed by atoms with van der Waals surface area (Å²) in [5.41, 5.74) is 0.947. The molecule has 0 bridgehead atoms. The highest BCUT2D eigenvalue weighted by atomic mass is 32.2. The van der Waals surface area contributed by atoms with E-state index in [-0.39, 0.29) is 42.4 Å². The van der Waals surface area contributed by atoms with Crippen molar-refractivity contribution in [2.45, 2.75) is 62.8 Å². The van der Waals surface area contributed by atoms with E-state index in [0.717, 1.165) is 18.4 Å². The molecule has 6 N–H and O–H groups in total. The first kappa shape index (κ1) is 30.3. The molecule has 0 aromatic carbocycles. The standard InChI is InChI=1S/C24H36N4O8S/c1-3-6-18(21-14-7-4-5-8-15(14)24(35)36-21)37-12-17(22(32)26-11-20(30)31)28-19(29)10-9-16(23(33)34)27-13-25-2/h5,8,15-18,25,27H,3-4,6-7,9-13H2,1-2H3,(H,26,32)(H,28,29)(H,30,31)(H,33,34). The van der Waals surface area contributed by atoms with Crippen molar-refractivity contribution in [3.8, 4) is 0 Å². The van der Waals surface area contributed by atoms with Crippen LogP contribution < -0.4 is 21.3 Å². The van der Waals surface area contributed by atoms with Crippen LogP contribution in [0.1, 0.15) is 45.4 Å². The smallest absolute Gasteiger partial charge is 0.322 e. The molecule has 4 unspecified atom stereocenters. The van der Waals surface area contributed by atoms with Gasteiger partial charge in [-0.25, -0.2) is 0 Å². The molecule has 2 rings (SSSR count). The molecular formula is C24H36N4O8S. The molecule has 12 nitrogen and oxygen atoms in total. The van der Waals surface area contributed by atoms with Crippen LogP contribution in [0.2, 0.25) is 0 Å². The molecule has 0 aromatic rings. The second kappa shape index (κ2) is 15.4. The van der Waals surface area contributed by atoms with Crippen molar-refractivity contribution in [1.82, 2.24) is 21.3 Å². The van der Waals surface area contributed by atoms with E-state index in [4.69, 9.17) is 9.84 Å². The van der Waals surface area contributed by atoms with E-state index in [0.29, 0.717) is 18.6 Å². The largest absolute Gasteiger partial charge is 0.480 e. The fourth-order valence-corrected chi connectivity index (χ4v) is 5.48. The number of carbonyl (C=O) groups is 5. The van der Waals surface area contributed by atoms with E-state index in [1.807, 2.05) is 19.1 Å². The van der Waals surface area contributed by atoms with Gasteiger partial charge < -0.3 is 30.9 Å². The second-order valence-corrected chi connectivity index (χ2v) is 10.00. The highest BCUT2D eigenvalue weighted by molar-refractivity contribution is 8.00. The van der Waals surface area contributed by atoms with Gasteiger partial charge in [0.2, 0.25) is 11.8 Å². The van der Waals surface area contributed by atoms with E-state index >= 15 is 0 Å². The summed E-state index contributed by atoms with van der Waals surface area (Å²) in [6, 6.07) is -2.02. The second-order valence-electron chi connectivity index (χ2n) is 8.76. The van der Waals surface area contributed by atoms with E-state index < -0.39 is 42.4 Å². The van der Waals surface area contributed by atoms with E-state index in [1.54, 1.807) is 7.05 Å². The van der Waals surface area contributed by atoms with Crippen molar-refractivity contribution in [1.29, 1.82) is 0 Å². The Balaban J connectivity index is 2.09. The number of hydrogen-bond acceptors (Lipinski definition) is 9. The fourth-order valence-electron chi connectivity index (χ4n) is 4.06. The lowest BCUT2D eigenvalue weighted by atomic mass is 9.90. The van der Waals surface area contributed by atoms with Crippen LogP contribution in [0.5, 0.6) is 0 Å². The van der Waals surface area contributed by atoms with Gasteiger partial charge in [-0.2, -0.15) is 0 Å². The van der Waals surface area contributed by atoms with Crippen molar-refractivity contribution in [2.24, 2.45) is 5.92 Å². The number of carboxylic acids is 2. The lowest BCUT2D eigenvalue weighted by Gasteiger charge is -2.23. The fraction of sp³-hybridized carbons (Fsp3) is 0.625. The first-order valence-electron chi connectivity index (χ1n) is 12.3. The van der Waals surface area contributed by atoms with Gasteiger partial charge in [0.1, 0.15) is 24.4 Å². The number of amides is 2. The van der Waals surface area contributed by atoms with Crippen LogP contribution in [0.25, 0.3) is 0 Å². The molecule has 0 aromatic heterocycles. The zero-order valence-corrected chi connectivity index (χ0v) is 21.9. The summed E-state index contributed by atoms with van der Waals surface area (Å²) in [5, 5.41) is 28.5. The maximum atomic E-state index is 12.7. The Bertz CT molecular complexity index is 922. The Labute approximate surface area is 220 Å². The molecule has 0 fully saturated rings. The number of fused-ring (bicyclic) bond motifs is 1. The van der Waals surface area contributed by atoms with Crippen molar-refractivity contribution >= 4 is 41.5 Å². The maximum absolute atomic E-state index is 12.7. The average molecular weight is 541 g/mol. The Morgan fingerprint density at radius 3 is 2.59 bits per heavy atom. The molecule has 0 saturated carbocycles. The number of carboxylic acid groups (broad SMARTS) is 2. The zero-order chi connectivity index (χ0) is 27.4. The van der Waals surface area contributed by atoms with Crippen molar-refractivity contribution in [3.05, 3.63) is 23.5 Å². The molecule has 2 amide bonds. The van der Waals surface area contributed by atoms with Crippen molar-refractivity contribution in [2.75, 3.05) is 26.0 Å². The molecule has 2 aliphatic rings. The molecule has 4 atom stereocenters. The van der Waals surface area contributed by atoms with Gasteiger partial charge in [-0.15, -0.1) is 11.8 Å². The van der Waals surface area contributed by atoms with Gasteiger partial charge in [0.25, 0.3) is 0 Å². The van der Waals surface area contributed by atoms with Gasteiger partial charge in [0, 0.05) is 18.8 Å². The molecule has 1 aliphatic heterocycles. The number of thioether (sulfide) groups is 1. The van der Waals surface area contributed by atoms with Gasteiger partial charge in [0.15, 0.2) is 0 Å². The molecular weight excluding hydrogens is 504 g/mol. The van der Waals surface area contributed by atoms with Crippen molar-refractivity contribution in [3.63, 3.8) is 0 Å². The third-order valence-electron chi connectivity index (χ3n) is 5.92. The lowest BCUT2D eigenvalue weighted by molar-refractivity contribution is -0.140. The molecule has 37 heavy (non-hydrogen) atoms. The number of hydrogen-bond donors (Lipinski definition) is 6. The van der Waals surface area contributed by atoms with Crippen LogP contribution in [0, 0.1) is 5.92 Å². The normalized spacial score (nSPS) is 19.0. The number of carbonyl (C=O) groups excluding carboxylic acids is 3. The van der Waals surface area contributed by atoms with Gasteiger partial charge in [-0.3, -0.25) is 29.3 Å². The van der Waals surface area contributed by atoms with Crippen LogP contribution in [0.4, 0.5) is 0 Å². The van der Waals surface area contributed by atoms with Crippen LogP contribution >= 0.6 is 11.8 Å². The number of aliphatic carboxylic acids is 2. The SMILES string of the molecule is CCCC(SCC(NC(=O)CCC(NCNC)C(=O)O)C(=O)NCC(=O)O)C1=C2CCC=CC2C(=O)O1. The topological polar surface area (TPSA) is 183 Å². The predicted octanol–water partition coefficient (Wildman–Crippen LogP) is 0.351. The molecule has 0 radical (unpaired) electrons. The Kier molecular flexibility index (Phi) is 12.6. The van der Waals surface area contributed by atoms with Gasteiger partial charge in [0.05, 0.1) is 11.2 Å². The van der Waals surface area contributed by atoms with E-state index in [9.17, 15) is 29.1 Å². The highest BCUT2D eigenvalue weighted by Gasteiger charge is 2.38. The summed E-state index contributed by atoms with van der Waals surface area (Å²) >= 11 is 1.36. The lowest BCUT2D eigenvalue weighted by Crippen LogP contribution is -2.50. The van der Waals surface area contributed by atoms with Crippen LogP contribution in [0.15, 0.2) is 23.5 Å². The summed E-state index contributed by atoms with van der Waals surface area (Å²) in [6.07, 6.45) is 6.66. The van der Waals surface area contributed by atoms with Crippen LogP contribution in [-0.4, -0.2) is 83.3 Å². The molecule has 1 aliphatic carbocycles. The monoisotopic (exact) mass is 540 g/mol. The number of esters is 1. The minimum absolute atomic E-state index is 0.000974. The Morgan fingerprint density at radius 1 is 1.19 bits per heavy atom. The summed E-state index contributed by atoms with van der Waals surface area (Å²) in [5.74, 6) is -3.50. The van der Waals surface area contributed by atoms with Gasteiger partial charge in [-0.05, 0) is 38.3 Å². The predicted molar refractivity (Wildman–Crippen MR) is 136 cm³/mol. The van der Waals surface area contributed by atoms with Crippen molar-refractivity contribution < 1.29 is 38.9 Å². The first-order chi connectivity index (χ1) is 17.7. The molecule has 0 spiro atoms. The molecule has 13 heteroatoms.